The van der Waals surface area contributed by atoms with Gasteiger partial charge in [0.15, 0.2) is 0 Å². The van der Waals surface area contributed by atoms with Gasteiger partial charge in [0.05, 0.1) is 30.2 Å². The number of hydrogen-bond donors (Lipinski definition) is 2. The van der Waals surface area contributed by atoms with Crippen LogP contribution in [0.4, 0.5) is 15.8 Å². The molecule has 0 aliphatic carbocycles. The van der Waals surface area contributed by atoms with Gasteiger partial charge in [-0.3, -0.25) is 4.79 Å². The number of benzene rings is 1. The molecular formula is C18H22FN3O2. The SMILES string of the molecule is CC(NC(=O)CNc1c(F)cccc1N1CCCC1)c1ccco1. The lowest BCUT2D eigenvalue weighted by Crippen LogP contribution is -2.32. The van der Waals surface area contributed by atoms with Gasteiger partial charge in [0, 0.05) is 13.1 Å². The molecule has 6 heteroatoms. The van der Waals surface area contributed by atoms with Crippen molar-refractivity contribution in [3.05, 3.63) is 48.2 Å². The van der Waals surface area contributed by atoms with Crippen LogP contribution < -0.4 is 15.5 Å². The van der Waals surface area contributed by atoms with Gasteiger partial charge in [-0.05, 0) is 44.0 Å². The Labute approximate surface area is 140 Å². The first-order chi connectivity index (χ1) is 11.6. The predicted molar refractivity (Wildman–Crippen MR) is 91.6 cm³/mol. The molecule has 1 aromatic heterocycles. The monoisotopic (exact) mass is 331 g/mol. The van der Waals surface area contributed by atoms with Crippen LogP contribution in [0.25, 0.3) is 0 Å². The first-order valence-corrected chi connectivity index (χ1v) is 8.25. The number of halogens is 1. The Morgan fingerprint density at radius 2 is 2.08 bits per heavy atom. The van der Waals surface area contributed by atoms with Gasteiger partial charge in [0.1, 0.15) is 11.6 Å². The van der Waals surface area contributed by atoms with Crippen molar-refractivity contribution in [2.45, 2.75) is 25.8 Å². The fraction of sp³-hybridized carbons (Fsp3) is 0.389. The second-order valence-electron chi connectivity index (χ2n) is 5.99. The molecule has 1 unspecified atom stereocenters. The number of nitrogens with one attached hydrogen (secondary N) is 2. The summed E-state index contributed by atoms with van der Waals surface area (Å²) >= 11 is 0. The zero-order valence-corrected chi connectivity index (χ0v) is 13.7. The summed E-state index contributed by atoms with van der Waals surface area (Å²) in [7, 11) is 0. The third-order valence-corrected chi connectivity index (χ3v) is 4.21. The normalized spacial score (nSPS) is 15.3. The molecule has 3 rings (SSSR count). The van der Waals surface area contributed by atoms with E-state index in [0.29, 0.717) is 11.4 Å². The minimum absolute atomic E-state index is 0.00677. The first-order valence-electron chi connectivity index (χ1n) is 8.25. The Morgan fingerprint density at radius 3 is 2.79 bits per heavy atom. The summed E-state index contributed by atoms with van der Waals surface area (Å²) < 4.78 is 19.5. The third kappa shape index (κ3) is 3.69. The maximum atomic E-state index is 14.2. The van der Waals surface area contributed by atoms with Crippen LogP contribution in [-0.4, -0.2) is 25.5 Å². The summed E-state index contributed by atoms with van der Waals surface area (Å²) in [5, 5.41) is 5.78. The van der Waals surface area contributed by atoms with Crippen molar-refractivity contribution < 1.29 is 13.6 Å². The second-order valence-corrected chi connectivity index (χ2v) is 5.99. The average Bonchev–Trinajstić information content (AvgIpc) is 3.26. The van der Waals surface area contributed by atoms with Gasteiger partial charge in [-0.15, -0.1) is 0 Å². The molecule has 0 radical (unpaired) electrons. The number of carbonyl (C=O) groups is 1. The number of carbonyl (C=O) groups excluding carboxylic acids is 1. The Balaban J connectivity index is 1.62. The van der Waals surface area contributed by atoms with Crippen molar-refractivity contribution in [1.82, 2.24) is 5.32 Å². The van der Waals surface area contributed by atoms with Gasteiger partial charge in [0.25, 0.3) is 0 Å². The van der Waals surface area contributed by atoms with Crippen molar-refractivity contribution in [3.63, 3.8) is 0 Å². The third-order valence-electron chi connectivity index (χ3n) is 4.21. The van der Waals surface area contributed by atoms with Gasteiger partial charge in [-0.1, -0.05) is 6.07 Å². The largest absolute Gasteiger partial charge is 0.467 e. The molecule has 24 heavy (non-hydrogen) atoms. The van der Waals surface area contributed by atoms with E-state index in [4.69, 9.17) is 4.42 Å². The lowest BCUT2D eigenvalue weighted by Gasteiger charge is -2.22. The summed E-state index contributed by atoms with van der Waals surface area (Å²) in [5.41, 5.74) is 1.21. The maximum absolute atomic E-state index is 14.2. The molecule has 1 amide bonds. The maximum Gasteiger partial charge on any atom is 0.239 e. The molecular weight excluding hydrogens is 309 g/mol. The van der Waals surface area contributed by atoms with Crippen molar-refractivity contribution in [2.24, 2.45) is 0 Å². The minimum Gasteiger partial charge on any atom is -0.467 e. The molecule has 1 aliphatic heterocycles. The van der Waals surface area contributed by atoms with Gasteiger partial charge in [0.2, 0.25) is 5.91 Å². The van der Waals surface area contributed by atoms with Crippen molar-refractivity contribution in [1.29, 1.82) is 0 Å². The fourth-order valence-electron chi connectivity index (χ4n) is 2.98. The smallest absolute Gasteiger partial charge is 0.239 e. The van der Waals surface area contributed by atoms with Gasteiger partial charge >= 0.3 is 0 Å². The molecule has 1 aliphatic rings. The van der Waals surface area contributed by atoms with Crippen LogP contribution >= 0.6 is 0 Å². The molecule has 1 atom stereocenters. The van der Waals surface area contributed by atoms with E-state index in [9.17, 15) is 9.18 Å². The molecule has 1 fully saturated rings. The van der Waals surface area contributed by atoms with Gasteiger partial charge < -0.3 is 20.0 Å². The first kappa shape index (κ1) is 16.4. The zero-order valence-electron chi connectivity index (χ0n) is 13.7. The fourth-order valence-corrected chi connectivity index (χ4v) is 2.98. The number of para-hydroxylation sites is 1. The molecule has 2 N–H and O–H groups in total. The molecule has 1 saturated heterocycles. The molecule has 0 bridgehead atoms. The van der Waals surface area contributed by atoms with E-state index in [1.54, 1.807) is 24.5 Å². The Morgan fingerprint density at radius 1 is 1.29 bits per heavy atom. The Bertz CT molecular complexity index is 682. The topological polar surface area (TPSA) is 57.5 Å². The standard InChI is InChI=1S/C18H22FN3O2/c1-13(16-8-5-11-24-16)21-17(23)12-20-18-14(19)6-4-7-15(18)22-9-2-3-10-22/h4-8,11,13,20H,2-3,9-10,12H2,1H3,(H,21,23). The van der Waals surface area contributed by atoms with Crippen LogP contribution in [-0.2, 0) is 4.79 Å². The van der Waals surface area contributed by atoms with Crippen molar-refractivity contribution in [3.8, 4) is 0 Å². The van der Waals surface area contributed by atoms with Gasteiger partial charge in [-0.2, -0.15) is 0 Å². The van der Waals surface area contributed by atoms with E-state index in [1.165, 1.54) is 6.07 Å². The van der Waals surface area contributed by atoms with Crippen LogP contribution in [0.3, 0.4) is 0 Å². The van der Waals surface area contributed by atoms with E-state index >= 15 is 0 Å². The van der Waals surface area contributed by atoms with Crippen LogP contribution in [0.15, 0.2) is 41.0 Å². The highest BCUT2D eigenvalue weighted by Gasteiger charge is 2.19. The highest BCUT2D eigenvalue weighted by molar-refractivity contribution is 5.83. The lowest BCUT2D eigenvalue weighted by atomic mass is 10.2. The Kier molecular flexibility index (Phi) is 5.03. The molecule has 0 spiro atoms. The predicted octanol–water partition coefficient (Wildman–Crippen LogP) is 3.31. The minimum atomic E-state index is -0.341. The average molecular weight is 331 g/mol. The number of hydrogen-bond acceptors (Lipinski definition) is 4. The lowest BCUT2D eigenvalue weighted by molar-refractivity contribution is -0.120. The molecule has 0 saturated carbocycles. The number of anilines is 2. The van der Waals surface area contributed by atoms with E-state index in [2.05, 4.69) is 15.5 Å². The van der Waals surface area contributed by atoms with E-state index < -0.39 is 0 Å². The molecule has 128 valence electrons. The van der Waals surface area contributed by atoms with Crippen molar-refractivity contribution in [2.75, 3.05) is 29.9 Å². The number of furan rings is 1. The summed E-state index contributed by atoms with van der Waals surface area (Å²) in [5.74, 6) is 0.132. The van der Waals surface area contributed by atoms with Crippen LogP contribution in [0.1, 0.15) is 31.6 Å². The highest BCUT2D eigenvalue weighted by atomic mass is 19.1. The zero-order chi connectivity index (χ0) is 16.9. The number of rotatable bonds is 6. The summed E-state index contributed by atoms with van der Waals surface area (Å²) in [4.78, 5) is 14.3. The quantitative estimate of drug-likeness (QED) is 0.853. The van der Waals surface area contributed by atoms with E-state index in [1.807, 2.05) is 13.0 Å². The second kappa shape index (κ2) is 7.38. The summed E-state index contributed by atoms with van der Waals surface area (Å²) in [6.45, 7) is 3.68. The molecule has 2 heterocycles. The van der Waals surface area contributed by atoms with E-state index in [-0.39, 0.29) is 24.3 Å². The summed E-state index contributed by atoms with van der Waals surface area (Å²) in [6, 6.07) is 8.35. The van der Waals surface area contributed by atoms with Crippen molar-refractivity contribution >= 4 is 17.3 Å². The molecule has 5 nitrogen and oxygen atoms in total. The number of nitrogens with zero attached hydrogens (tertiary/aromatic N) is 1. The van der Waals surface area contributed by atoms with Crippen LogP contribution in [0, 0.1) is 5.82 Å². The molecule has 1 aromatic carbocycles. The van der Waals surface area contributed by atoms with Gasteiger partial charge in [-0.25, -0.2) is 4.39 Å². The van der Waals surface area contributed by atoms with E-state index in [0.717, 1.165) is 31.6 Å². The van der Waals surface area contributed by atoms with Crippen LogP contribution in [0.5, 0.6) is 0 Å². The summed E-state index contributed by atoms with van der Waals surface area (Å²) in [6.07, 6.45) is 3.78. The number of amides is 1. The molecule has 2 aromatic rings. The Hall–Kier alpha value is -2.50. The van der Waals surface area contributed by atoms with Crippen LogP contribution in [0.2, 0.25) is 0 Å². The highest BCUT2D eigenvalue weighted by Crippen LogP contribution is 2.31.